The minimum Gasteiger partial charge on any atom is -0.481 e. The highest BCUT2D eigenvalue weighted by atomic mass is 16.5. The summed E-state index contributed by atoms with van der Waals surface area (Å²) >= 11 is 0. The predicted molar refractivity (Wildman–Crippen MR) is 103 cm³/mol. The molecule has 0 spiro atoms. The first-order valence-corrected chi connectivity index (χ1v) is 10.7. The molecule has 28 heavy (non-hydrogen) atoms. The summed E-state index contributed by atoms with van der Waals surface area (Å²) in [6, 6.07) is 2.29. The van der Waals surface area contributed by atoms with Crippen molar-refractivity contribution >= 4 is 11.9 Å². The number of esters is 1. The Morgan fingerprint density at radius 2 is 2.00 bits per heavy atom. The van der Waals surface area contributed by atoms with Crippen LogP contribution in [0.5, 0.6) is 0 Å². The number of aliphatic carboxylic acids is 1. The van der Waals surface area contributed by atoms with Crippen LogP contribution in [0.1, 0.15) is 65.7 Å². The molecule has 0 unspecified atom stereocenters. The van der Waals surface area contributed by atoms with Crippen molar-refractivity contribution in [2.45, 2.75) is 65.7 Å². The Kier molecular flexibility index (Phi) is 4.60. The molecule has 5 heteroatoms. The van der Waals surface area contributed by atoms with E-state index in [4.69, 9.17) is 4.74 Å². The zero-order chi connectivity index (χ0) is 20.3. The summed E-state index contributed by atoms with van der Waals surface area (Å²) < 4.78 is 5.58. The second-order valence-corrected chi connectivity index (χ2v) is 10.1. The van der Waals surface area contributed by atoms with Crippen LogP contribution in [0, 0.1) is 57.7 Å². The molecular weight excluding hydrogens is 354 g/mol. The van der Waals surface area contributed by atoms with Crippen LogP contribution in [0.15, 0.2) is 11.8 Å². The lowest BCUT2D eigenvalue weighted by Crippen LogP contribution is -2.55. The molecule has 0 heterocycles. The minimum atomic E-state index is -0.811. The number of nitrogens with zero attached hydrogens (tertiary/aromatic N) is 1. The van der Waals surface area contributed by atoms with E-state index in [1.165, 1.54) is 6.92 Å². The van der Waals surface area contributed by atoms with E-state index in [1.807, 2.05) is 0 Å². The van der Waals surface area contributed by atoms with E-state index in [2.05, 4.69) is 26.0 Å². The molecule has 0 radical (unpaired) electrons. The first-order chi connectivity index (χ1) is 13.2. The number of carbonyl (C=O) groups is 2. The molecule has 3 saturated carbocycles. The lowest BCUT2D eigenvalue weighted by atomic mass is 9.43. The molecule has 4 aliphatic rings. The zero-order valence-electron chi connectivity index (χ0n) is 17.1. The van der Waals surface area contributed by atoms with Crippen molar-refractivity contribution in [1.82, 2.24) is 0 Å². The largest absolute Gasteiger partial charge is 0.481 e. The fraction of sp³-hybridized carbons (Fsp3) is 0.783. The Labute approximate surface area is 167 Å². The number of rotatable bonds is 2. The average Bonchev–Trinajstić information content (AvgIpc) is 2.96. The Hall–Kier alpha value is -1.83. The maximum Gasteiger partial charge on any atom is 0.307 e. The van der Waals surface area contributed by atoms with Gasteiger partial charge in [-0.25, -0.2) is 0 Å². The fourth-order valence-electron chi connectivity index (χ4n) is 7.57. The van der Waals surface area contributed by atoms with Crippen LogP contribution in [0.3, 0.4) is 0 Å². The number of carboxylic acid groups (broad SMARTS) is 1. The number of fused-ring (bicyclic) bond motifs is 5. The number of hydrogen-bond donors (Lipinski definition) is 1. The van der Waals surface area contributed by atoms with Crippen LogP contribution >= 0.6 is 0 Å². The van der Waals surface area contributed by atoms with E-state index >= 15 is 0 Å². The van der Waals surface area contributed by atoms with Gasteiger partial charge in [-0.05, 0) is 80.1 Å². The molecule has 0 aromatic carbocycles. The monoisotopic (exact) mass is 385 g/mol. The highest BCUT2D eigenvalue weighted by Crippen LogP contribution is 2.67. The van der Waals surface area contributed by atoms with E-state index in [-0.39, 0.29) is 22.7 Å². The van der Waals surface area contributed by atoms with E-state index in [0.717, 1.165) is 44.3 Å². The lowest BCUT2D eigenvalue weighted by molar-refractivity contribution is -0.158. The van der Waals surface area contributed by atoms with Gasteiger partial charge in [-0.2, -0.15) is 5.26 Å². The van der Waals surface area contributed by atoms with Gasteiger partial charge in [0.05, 0.1) is 17.9 Å². The highest BCUT2D eigenvalue weighted by molar-refractivity contribution is 5.71. The van der Waals surface area contributed by atoms with Gasteiger partial charge in [-0.3, -0.25) is 9.59 Å². The molecule has 0 aliphatic heterocycles. The first kappa shape index (κ1) is 19.5. The predicted octanol–water partition coefficient (Wildman–Crippen LogP) is 4.54. The van der Waals surface area contributed by atoms with Crippen molar-refractivity contribution in [3.63, 3.8) is 0 Å². The van der Waals surface area contributed by atoms with Gasteiger partial charge in [-0.1, -0.05) is 13.8 Å². The molecule has 5 nitrogen and oxygen atoms in total. The molecular formula is C23H31NO4. The fourth-order valence-corrected chi connectivity index (χ4v) is 7.57. The SMILES string of the molecule is CC(=O)OC1=CC[C@H]2[C@@H]3CC[C@H]4C[C@H](C#N)[C@H](C(=O)O)C[C@]4(C)[C@H]3CC[C@]12C. The van der Waals surface area contributed by atoms with Crippen molar-refractivity contribution in [3.05, 3.63) is 11.8 Å². The molecule has 0 amide bonds. The van der Waals surface area contributed by atoms with E-state index < -0.39 is 11.9 Å². The van der Waals surface area contributed by atoms with E-state index in [1.54, 1.807) is 0 Å². The van der Waals surface area contributed by atoms with E-state index in [9.17, 15) is 20.0 Å². The van der Waals surface area contributed by atoms with Crippen molar-refractivity contribution in [2.75, 3.05) is 0 Å². The number of allylic oxidation sites excluding steroid dienone is 2. The van der Waals surface area contributed by atoms with Crippen molar-refractivity contribution in [2.24, 2.45) is 46.3 Å². The lowest BCUT2D eigenvalue weighted by Gasteiger charge is -2.61. The molecule has 0 aromatic rings. The molecule has 3 fully saturated rings. The summed E-state index contributed by atoms with van der Waals surface area (Å²) in [7, 11) is 0. The third-order valence-corrected chi connectivity index (χ3v) is 9.00. The summed E-state index contributed by atoms with van der Waals surface area (Å²) in [5, 5.41) is 19.3. The topological polar surface area (TPSA) is 87.4 Å². The molecule has 8 atom stereocenters. The average molecular weight is 386 g/mol. The van der Waals surface area contributed by atoms with Gasteiger partial charge in [0.1, 0.15) is 5.76 Å². The number of nitriles is 1. The van der Waals surface area contributed by atoms with Gasteiger partial charge in [0, 0.05) is 12.3 Å². The van der Waals surface area contributed by atoms with Gasteiger partial charge in [0.2, 0.25) is 0 Å². The normalized spacial score (nSPS) is 47.0. The van der Waals surface area contributed by atoms with Crippen molar-refractivity contribution in [1.29, 1.82) is 5.26 Å². The van der Waals surface area contributed by atoms with Crippen LogP contribution in [-0.4, -0.2) is 17.0 Å². The molecule has 152 valence electrons. The minimum absolute atomic E-state index is 0.00909. The summed E-state index contributed by atoms with van der Waals surface area (Å²) in [6.07, 6.45) is 8.68. The Morgan fingerprint density at radius 1 is 1.25 bits per heavy atom. The second-order valence-electron chi connectivity index (χ2n) is 10.1. The molecule has 4 rings (SSSR count). The number of carbonyl (C=O) groups excluding carboxylic acids is 1. The van der Waals surface area contributed by atoms with Gasteiger partial charge in [0.25, 0.3) is 0 Å². The van der Waals surface area contributed by atoms with Crippen LogP contribution in [0.25, 0.3) is 0 Å². The number of ether oxygens (including phenoxy) is 1. The zero-order valence-corrected chi connectivity index (χ0v) is 17.1. The maximum atomic E-state index is 11.9. The number of hydrogen-bond acceptors (Lipinski definition) is 4. The smallest absolute Gasteiger partial charge is 0.307 e. The Bertz CT molecular complexity index is 767. The molecule has 0 aromatic heterocycles. The van der Waals surface area contributed by atoms with Crippen LogP contribution in [0.4, 0.5) is 0 Å². The summed E-state index contributed by atoms with van der Waals surface area (Å²) in [5.74, 6) is 0.844. The standard InChI is InChI=1S/C23H31NO4/c1-13(25)28-20-7-6-18-16-5-4-15-10-14(12-24)17(21(26)27)11-23(15,3)19(16)8-9-22(18,20)2/h7,14-19H,4-6,8-11H2,1-3H3,(H,26,27)/t14-,15+,16+,17-,18+,19+,22+,23+/m1/s1. The third kappa shape index (κ3) is 2.71. The quantitative estimate of drug-likeness (QED) is 0.705. The van der Waals surface area contributed by atoms with Gasteiger partial charge < -0.3 is 9.84 Å². The molecule has 0 saturated heterocycles. The second kappa shape index (κ2) is 6.61. The van der Waals surface area contributed by atoms with Crippen molar-refractivity contribution in [3.8, 4) is 6.07 Å². The molecule has 4 aliphatic carbocycles. The summed E-state index contributed by atoms with van der Waals surface area (Å²) in [6.45, 7) is 6.02. The van der Waals surface area contributed by atoms with Crippen molar-refractivity contribution < 1.29 is 19.4 Å². The first-order valence-electron chi connectivity index (χ1n) is 10.7. The third-order valence-electron chi connectivity index (χ3n) is 9.00. The highest BCUT2D eigenvalue weighted by Gasteiger charge is 2.61. The summed E-state index contributed by atoms with van der Waals surface area (Å²) in [4.78, 5) is 23.4. The van der Waals surface area contributed by atoms with Crippen LogP contribution < -0.4 is 0 Å². The molecule has 0 bridgehead atoms. The van der Waals surface area contributed by atoms with Crippen LogP contribution in [-0.2, 0) is 14.3 Å². The number of carboxylic acids is 1. The maximum absolute atomic E-state index is 11.9. The summed E-state index contributed by atoms with van der Waals surface area (Å²) in [5.41, 5.74) is -0.0864. The van der Waals surface area contributed by atoms with Gasteiger partial charge in [0.15, 0.2) is 0 Å². The Balaban J connectivity index is 1.61. The van der Waals surface area contributed by atoms with Gasteiger partial charge in [-0.15, -0.1) is 0 Å². The van der Waals surface area contributed by atoms with Gasteiger partial charge >= 0.3 is 11.9 Å². The molecule has 1 N–H and O–H groups in total. The van der Waals surface area contributed by atoms with Crippen LogP contribution in [0.2, 0.25) is 0 Å². The Morgan fingerprint density at radius 3 is 2.64 bits per heavy atom. The van der Waals surface area contributed by atoms with E-state index in [0.29, 0.717) is 30.1 Å².